The highest BCUT2D eigenvalue weighted by Gasteiger charge is 2.14. The topological polar surface area (TPSA) is 59.6 Å². The summed E-state index contributed by atoms with van der Waals surface area (Å²) in [6.07, 6.45) is -0.532. The van der Waals surface area contributed by atoms with E-state index in [1.54, 1.807) is 14.0 Å². The summed E-state index contributed by atoms with van der Waals surface area (Å²) in [5.41, 5.74) is 1.13. The molecule has 1 unspecified atom stereocenters. The number of carbonyl (C=O) groups is 1. The van der Waals surface area contributed by atoms with E-state index in [0.717, 1.165) is 12.1 Å². The standard InChI is InChI=1S/C16H26N2O3/c1-12(2)18-11-14-6-5-7-15(10-14)21-13(3)16(19)17-8-9-20-4/h5-7,10,12-13,18H,8-9,11H2,1-4H3,(H,17,19). The molecule has 0 aliphatic carbocycles. The molecule has 0 saturated heterocycles. The maximum absolute atomic E-state index is 11.8. The predicted molar refractivity (Wildman–Crippen MR) is 83.4 cm³/mol. The van der Waals surface area contributed by atoms with Gasteiger partial charge < -0.3 is 20.1 Å². The maximum atomic E-state index is 11.8. The second kappa shape index (κ2) is 9.37. The molecule has 1 amide bonds. The Morgan fingerprint density at radius 1 is 1.29 bits per heavy atom. The van der Waals surface area contributed by atoms with Crippen LogP contribution in [0, 0.1) is 0 Å². The SMILES string of the molecule is COCCNC(=O)C(C)Oc1cccc(CNC(C)C)c1. The van der Waals surface area contributed by atoms with Crippen molar-refractivity contribution in [3.8, 4) is 5.75 Å². The van der Waals surface area contributed by atoms with Crippen LogP contribution in [0.3, 0.4) is 0 Å². The minimum atomic E-state index is -0.532. The van der Waals surface area contributed by atoms with Gasteiger partial charge in [-0.15, -0.1) is 0 Å². The molecule has 5 nitrogen and oxygen atoms in total. The molecule has 0 spiro atoms. The maximum Gasteiger partial charge on any atom is 0.260 e. The van der Waals surface area contributed by atoms with Gasteiger partial charge in [0.25, 0.3) is 5.91 Å². The molecule has 118 valence electrons. The molecular formula is C16H26N2O3. The predicted octanol–water partition coefficient (Wildman–Crippen LogP) is 1.71. The summed E-state index contributed by atoms with van der Waals surface area (Å²) in [5.74, 6) is 0.560. The van der Waals surface area contributed by atoms with Crippen LogP contribution < -0.4 is 15.4 Å². The van der Waals surface area contributed by atoms with E-state index in [9.17, 15) is 4.79 Å². The third-order valence-corrected chi connectivity index (χ3v) is 2.90. The van der Waals surface area contributed by atoms with Gasteiger partial charge in [0.15, 0.2) is 6.10 Å². The number of hydrogen-bond donors (Lipinski definition) is 2. The molecule has 21 heavy (non-hydrogen) atoms. The molecule has 1 atom stereocenters. The van der Waals surface area contributed by atoms with E-state index >= 15 is 0 Å². The summed E-state index contributed by atoms with van der Waals surface area (Å²) in [6, 6.07) is 8.21. The van der Waals surface area contributed by atoms with Crippen molar-refractivity contribution in [2.45, 2.75) is 39.5 Å². The average Bonchev–Trinajstić information content (AvgIpc) is 2.45. The summed E-state index contributed by atoms with van der Waals surface area (Å²) < 4.78 is 10.6. The van der Waals surface area contributed by atoms with Crippen LogP contribution in [0.4, 0.5) is 0 Å². The van der Waals surface area contributed by atoms with Crippen molar-refractivity contribution in [3.63, 3.8) is 0 Å². The monoisotopic (exact) mass is 294 g/mol. The van der Waals surface area contributed by atoms with Crippen molar-refractivity contribution in [1.82, 2.24) is 10.6 Å². The molecule has 1 aromatic carbocycles. The van der Waals surface area contributed by atoms with E-state index in [1.807, 2.05) is 24.3 Å². The highest BCUT2D eigenvalue weighted by Crippen LogP contribution is 2.15. The molecule has 0 aliphatic rings. The lowest BCUT2D eigenvalue weighted by molar-refractivity contribution is -0.127. The van der Waals surface area contributed by atoms with Crippen molar-refractivity contribution in [3.05, 3.63) is 29.8 Å². The van der Waals surface area contributed by atoms with Crippen LogP contribution in [0.2, 0.25) is 0 Å². The Balaban J connectivity index is 2.49. The van der Waals surface area contributed by atoms with Gasteiger partial charge in [0.2, 0.25) is 0 Å². The van der Waals surface area contributed by atoms with E-state index < -0.39 is 6.10 Å². The number of rotatable bonds is 9. The largest absolute Gasteiger partial charge is 0.481 e. The Morgan fingerprint density at radius 2 is 2.05 bits per heavy atom. The second-order valence-corrected chi connectivity index (χ2v) is 5.23. The van der Waals surface area contributed by atoms with Gasteiger partial charge in [-0.1, -0.05) is 26.0 Å². The molecule has 0 radical (unpaired) electrons. The highest BCUT2D eigenvalue weighted by atomic mass is 16.5. The van der Waals surface area contributed by atoms with Crippen LogP contribution in [-0.2, 0) is 16.1 Å². The average molecular weight is 294 g/mol. The summed E-state index contributed by atoms with van der Waals surface area (Å²) >= 11 is 0. The van der Waals surface area contributed by atoms with E-state index in [4.69, 9.17) is 9.47 Å². The quantitative estimate of drug-likeness (QED) is 0.681. The molecular weight excluding hydrogens is 268 g/mol. The number of amides is 1. The first kappa shape index (κ1) is 17.5. The Morgan fingerprint density at radius 3 is 2.71 bits per heavy atom. The fourth-order valence-electron chi connectivity index (χ4n) is 1.73. The zero-order valence-corrected chi connectivity index (χ0v) is 13.3. The first-order valence-electron chi connectivity index (χ1n) is 7.28. The molecule has 0 bridgehead atoms. The fraction of sp³-hybridized carbons (Fsp3) is 0.562. The van der Waals surface area contributed by atoms with Gasteiger partial charge in [-0.05, 0) is 24.6 Å². The molecule has 0 fully saturated rings. The molecule has 0 heterocycles. The van der Waals surface area contributed by atoms with Crippen LogP contribution >= 0.6 is 0 Å². The Hall–Kier alpha value is -1.59. The molecule has 2 N–H and O–H groups in total. The van der Waals surface area contributed by atoms with Gasteiger partial charge in [-0.25, -0.2) is 0 Å². The van der Waals surface area contributed by atoms with Crippen molar-refractivity contribution in [1.29, 1.82) is 0 Å². The molecule has 5 heteroatoms. The lowest BCUT2D eigenvalue weighted by Crippen LogP contribution is -2.37. The summed E-state index contributed by atoms with van der Waals surface area (Å²) in [6.45, 7) is 7.71. The van der Waals surface area contributed by atoms with E-state index in [2.05, 4.69) is 24.5 Å². The normalized spacial score (nSPS) is 12.2. The zero-order chi connectivity index (χ0) is 15.7. The third-order valence-electron chi connectivity index (χ3n) is 2.90. The van der Waals surface area contributed by atoms with Gasteiger partial charge in [-0.3, -0.25) is 4.79 Å². The molecule has 0 aromatic heterocycles. The Kier molecular flexibility index (Phi) is 7.79. The van der Waals surface area contributed by atoms with Crippen molar-refractivity contribution >= 4 is 5.91 Å². The minimum absolute atomic E-state index is 0.141. The van der Waals surface area contributed by atoms with Gasteiger partial charge in [-0.2, -0.15) is 0 Å². The van der Waals surface area contributed by atoms with E-state index in [-0.39, 0.29) is 5.91 Å². The van der Waals surface area contributed by atoms with Gasteiger partial charge in [0.05, 0.1) is 6.61 Å². The number of methoxy groups -OCH3 is 1. The molecule has 0 saturated carbocycles. The summed E-state index contributed by atoms with van der Waals surface area (Å²) in [4.78, 5) is 11.8. The van der Waals surface area contributed by atoms with Crippen LogP contribution in [0.5, 0.6) is 5.75 Å². The van der Waals surface area contributed by atoms with Crippen LogP contribution in [0.25, 0.3) is 0 Å². The molecule has 1 rings (SSSR count). The van der Waals surface area contributed by atoms with Crippen molar-refractivity contribution in [2.75, 3.05) is 20.3 Å². The fourth-order valence-corrected chi connectivity index (χ4v) is 1.73. The third kappa shape index (κ3) is 7.11. The van der Waals surface area contributed by atoms with E-state index in [0.29, 0.717) is 24.9 Å². The van der Waals surface area contributed by atoms with Crippen molar-refractivity contribution < 1.29 is 14.3 Å². The van der Waals surface area contributed by atoms with E-state index in [1.165, 1.54) is 0 Å². The number of ether oxygens (including phenoxy) is 2. The smallest absolute Gasteiger partial charge is 0.260 e. The number of carbonyl (C=O) groups excluding carboxylic acids is 1. The lowest BCUT2D eigenvalue weighted by atomic mass is 10.2. The summed E-state index contributed by atoms with van der Waals surface area (Å²) in [5, 5.41) is 6.11. The van der Waals surface area contributed by atoms with Crippen molar-refractivity contribution in [2.24, 2.45) is 0 Å². The molecule has 1 aromatic rings. The second-order valence-electron chi connectivity index (χ2n) is 5.23. The van der Waals surface area contributed by atoms with Crippen LogP contribution in [0.15, 0.2) is 24.3 Å². The van der Waals surface area contributed by atoms with Crippen LogP contribution in [0.1, 0.15) is 26.3 Å². The van der Waals surface area contributed by atoms with Gasteiger partial charge in [0, 0.05) is 26.2 Å². The van der Waals surface area contributed by atoms with Gasteiger partial charge >= 0.3 is 0 Å². The zero-order valence-electron chi connectivity index (χ0n) is 13.3. The highest BCUT2D eigenvalue weighted by molar-refractivity contribution is 5.80. The van der Waals surface area contributed by atoms with Crippen LogP contribution in [-0.4, -0.2) is 38.3 Å². The Bertz CT molecular complexity index is 435. The van der Waals surface area contributed by atoms with Gasteiger partial charge in [0.1, 0.15) is 5.75 Å². The molecule has 0 aliphatic heterocycles. The number of nitrogens with one attached hydrogen (secondary N) is 2. The summed E-state index contributed by atoms with van der Waals surface area (Å²) in [7, 11) is 1.60. The minimum Gasteiger partial charge on any atom is -0.481 e. The first-order valence-corrected chi connectivity index (χ1v) is 7.28. The number of benzene rings is 1. The first-order chi connectivity index (χ1) is 10.0. The number of hydrogen-bond acceptors (Lipinski definition) is 4. The Labute approximate surface area is 127 Å². The lowest BCUT2D eigenvalue weighted by Gasteiger charge is -2.15.